The molecule has 0 amide bonds. The predicted octanol–water partition coefficient (Wildman–Crippen LogP) is 1.28. The van der Waals surface area contributed by atoms with Crippen LogP contribution in [0.5, 0.6) is 5.75 Å². The smallest absolute Gasteiger partial charge is 0.302 e. The third-order valence-electron chi connectivity index (χ3n) is 1.52. The maximum absolute atomic E-state index is 10.5. The fourth-order valence-electron chi connectivity index (χ4n) is 0.949. The van der Waals surface area contributed by atoms with Crippen LogP contribution in [0.4, 0.5) is 0 Å². The SMILES string of the molecule is CC(=O)OCc1cccc(OC=O)c1. The van der Waals surface area contributed by atoms with Crippen LogP contribution >= 0.6 is 0 Å². The van der Waals surface area contributed by atoms with Gasteiger partial charge in [0.1, 0.15) is 12.4 Å². The molecule has 0 saturated carbocycles. The van der Waals surface area contributed by atoms with Gasteiger partial charge in [-0.3, -0.25) is 9.59 Å². The van der Waals surface area contributed by atoms with Gasteiger partial charge in [0.15, 0.2) is 0 Å². The van der Waals surface area contributed by atoms with E-state index in [9.17, 15) is 9.59 Å². The third kappa shape index (κ3) is 3.26. The monoisotopic (exact) mass is 194 g/mol. The fourth-order valence-corrected chi connectivity index (χ4v) is 0.949. The number of benzene rings is 1. The Morgan fingerprint density at radius 1 is 1.50 bits per heavy atom. The van der Waals surface area contributed by atoms with Gasteiger partial charge in [-0.15, -0.1) is 0 Å². The molecule has 0 atom stereocenters. The topological polar surface area (TPSA) is 52.6 Å². The number of hydrogen-bond acceptors (Lipinski definition) is 4. The zero-order valence-corrected chi connectivity index (χ0v) is 7.73. The summed E-state index contributed by atoms with van der Waals surface area (Å²) in [7, 11) is 0. The zero-order chi connectivity index (χ0) is 10.4. The lowest BCUT2D eigenvalue weighted by atomic mass is 10.2. The largest absolute Gasteiger partial charge is 0.461 e. The molecule has 4 nitrogen and oxygen atoms in total. The molecule has 74 valence electrons. The van der Waals surface area contributed by atoms with Crippen LogP contribution in [0.2, 0.25) is 0 Å². The molecule has 14 heavy (non-hydrogen) atoms. The molecular formula is C10H10O4. The Labute approximate surface area is 81.4 Å². The van der Waals surface area contributed by atoms with Crippen molar-refractivity contribution in [2.75, 3.05) is 0 Å². The molecule has 1 rings (SSSR count). The molecule has 0 aliphatic heterocycles. The quantitative estimate of drug-likeness (QED) is 0.535. The van der Waals surface area contributed by atoms with Crippen LogP contribution in [0.3, 0.4) is 0 Å². The second kappa shape index (κ2) is 5.01. The number of rotatable bonds is 4. The number of carbonyl (C=O) groups excluding carboxylic acids is 2. The summed E-state index contributed by atoms with van der Waals surface area (Å²) in [4.78, 5) is 20.6. The van der Waals surface area contributed by atoms with E-state index in [-0.39, 0.29) is 12.6 Å². The molecule has 0 bridgehead atoms. The van der Waals surface area contributed by atoms with Gasteiger partial charge in [-0.2, -0.15) is 0 Å². The average Bonchev–Trinajstić information content (AvgIpc) is 2.16. The normalized spacial score (nSPS) is 9.21. The molecule has 0 aromatic heterocycles. The summed E-state index contributed by atoms with van der Waals surface area (Å²) in [5.74, 6) is 0.0939. The number of hydrogen-bond donors (Lipinski definition) is 0. The first-order chi connectivity index (χ1) is 6.72. The molecule has 0 aliphatic carbocycles. The summed E-state index contributed by atoms with van der Waals surface area (Å²) >= 11 is 0. The van der Waals surface area contributed by atoms with Gasteiger partial charge in [0.05, 0.1) is 0 Å². The Balaban J connectivity index is 2.63. The van der Waals surface area contributed by atoms with Gasteiger partial charge < -0.3 is 9.47 Å². The standard InChI is InChI=1S/C10H10O4/c1-8(12)13-6-9-3-2-4-10(5-9)14-7-11/h2-5,7H,6H2,1H3. The summed E-state index contributed by atoms with van der Waals surface area (Å²) in [6.45, 7) is 1.88. The van der Waals surface area contributed by atoms with Gasteiger partial charge in [-0.25, -0.2) is 0 Å². The maximum atomic E-state index is 10.5. The van der Waals surface area contributed by atoms with Crippen molar-refractivity contribution in [1.29, 1.82) is 0 Å². The molecule has 0 N–H and O–H groups in total. The van der Waals surface area contributed by atoms with Gasteiger partial charge in [0.2, 0.25) is 0 Å². The highest BCUT2D eigenvalue weighted by molar-refractivity contribution is 5.65. The van der Waals surface area contributed by atoms with E-state index in [0.29, 0.717) is 12.2 Å². The van der Waals surface area contributed by atoms with Crippen molar-refractivity contribution in [2.45, 2.75) is 13.5 Å². The Kier molecular flexibility index (Phi) is 3.67. The highest BCUT2D eigenvalue weighted by atomic mass is 16.5. The van der Waals surface area contributed by atoms with Crippen molar-refractivity contribution < 1.29 is 19.1 Å². The number of carbonyl (C=O) groups is 2. The van der Waals surface area contributed by atoms with Crippen LogP contribution in [0, 0.1) is 0 Å². The van der Waals surface area contributed by atoms with E-state index in [4.69, 9.17) is 4.74 Å². The molecule has 0 saturated heterocycles. The lowest BCUT2D eigenvalue weighted by Crippen LogP contribution is -1.99. The summed E-state index contributed by atoms with van der Waals surface area (Å²) in [5.41, 5.74) is 0.777. The van der Waals surface area contributed by atoms with Gasteiger partial charge in [0, 0.05) is 6.92 Å². The van der Waals surface area contributed by atoms with Crippen molar-refractivity contribution in [3.8, 4) is 5.75 Å². The molecule has 0 aliphatic rings. The van der Waals surface area contributed by atoms with Crippen LogP contribution in [-0.4, -0.2) is 12.4 Å². The van der Waals surface area contributed by atoms with Gasteiger partial charge in [-0.1, -0.05) is 12.1 Å². The maximum Gasteiger partial charge on any atom is 0.302 e. The Hall–Kier alpha value is -1.84. The minimum atomic E-state index is -0.341. The van der Waals surface area contributed by atoms with E-state index in [1.54, 1.807) is 24.3 Å². The Morgan fingerprint density at radius 3 is 2.93 bits per heavy atom. The minimum absolute atomic E-state index is 0.186. The predicted molar refractivity (Wildman–Crippen MR) is 48.6 cm³/mol. The molecule has 0 unspecified atom stereocenters. The fraction of sp³-hybridized carbons (Fsp3) is 0.200. The van der Waals surface area contributed by atoms with Crippen molar-refractivity contribution in [2.24, 2.45) is 0 Å². The number of esters is 1. The molecule has 0 heterocycles. The molecule has 1 aromatic carbocycles. The second-order valence-corrected chi connectivity index (χ2v) is 2.64. The van der Waals surface area contributed by atoms with Crippen LogP contribution in [0.25, 0.3) is 0 Å². The van der Waals surface area contributed by atoms with Gasteiger partial charge >= 0.3 is 5.97 Å². The summed E-state index contributed by atoms with van der Waals surface area (Å²) in [6, 6.07) is 6.78. The van der Waals surface area contributed by atoms with E-state index in [1.165, 1.54) is 6.92 Å². The molecule has 4 heteroatoms. The van der Waals surface area contributed by atoms with Crippen molar-refractivity contribution in [1.82, 2.24) is 0 Å². The number of ether oxygens (including phenoxy) is 2. The van der Waals surface area contributed by atoms with E-state index < -0.39 is 0 Å². The highest BCUT2D eigenvalue weighted by Gasteiger charge is 1.98. The third-order valence-corrected chi connectivity index (χ3v) is 1.52. The lowest BCUT2D eigenvalue weighted by Gasteiger charge is -2.03. The first-order valence-corrected chi connectivity index (χ1v) is 4.05. The first-order valence-electron chi connectivity index (χ1n) is 4.05. The van der Waals surface area contributed by atoms with Crippen LogP contribution in [-0.2, 0) is 20.9 Å². The Bertz CT molecular complexity index is 333. The van der Waals surface area contributed by atoms with Crippen LogP contribution in [0.1, 0.15) is 12.5 Å². The minimum Gasteiger partial charge on any atom is -0.461 e. The molecule has 0 fully saturated rings. The first kappa shape index (κ1) is 10.2. The van der Waals surface area contributed by atoms with Gasteiger partial charge in [0.25, 0.3) is 6.47 Å². The summed E-state index contributed by atoms with van der Waals surface area (Å²) in [6.07, 6.45) is 0. The highest BCUT2D eigenvalue weighted by Crippen LogP contribution is 2.13. The van der Waals surface area contributed by atoms with Gasteiger partial charge in [-0.05, 0) is 17.7 Å². The molecule has 0 radical (unpaired) electrons. The summed E-state index contributed by atoms with van der Waals surface area (Å²) < 4.78 is 9.41. The molecule has 0 spiro atoms. The lowest BCUT2D eigenvalue weighted by molar-refractivity contribution is -0.142. The van der Waals surface area contributed by atoms with E-state index in [2.05, 4.69) is 4.74 Å². The second-order valence-electron chi connectivity index (χ2n) is 2.64. The summed E-state index contributed by atoms with van der Waals surface area (Å²) in [5, 5.41) is 0. The van der Waals surface area contributed by atoms with E-state index in [0.717, 1.165) is 5.56 Å². The molecule has 1 aromatic rings. The zero-order valence-electron chi connectivity index (χ0n) is 7.73. The van der Waals surface area contributed by atoms with Crippen LogP contribution in [0.15, 0.2) is 24.3 Å². The van der Waals surface area contributed by atoms with Crippen molar-refractivity contribution >= 4 is 12.4 Å². The van der Waals surface area contributed by atoms with E-state index >= 15 is 0 Å². The van der Waals surface area contributed by atoms with Crippen LogP contribution < -0.4 is 4.74 Å². The molecular weight excluding hydrogens is 184 g/mol. The van der Waals surface area contributed by atoms with E-state index in [1.807, 2.05) is 0 Å². The Morgan fingerprint density at radius 2 is 2.29 bits per heavy atom. The van der Waals surface area contributed by atoms with Crippen molar-refractivity contribution in [3.63, 3.8) is 0 Å². The average molecular weight is 194 g/mol. The van der Waals surface area contributed by atoms with Crippen molar-refractivity contribution in [3.05, 3.63) is 29.8 Å².